The predicted molar refractivity (Wildman–Crippen MR) is 96.3 cm³/mol. The Bertz CT molecular complexity index is 786. The summed E-state index contributed by atoms with van der Waals surface area (Å²) in [7, 11) is 0. The van der Waals surface area contributed by atoms with Crippen molar-refractivity contribution in [3.63, 3.8) is 0 Å². The van der Waals surface area contributed by atoms with Gasteiger partial charge in [0.2, 0.25) is 0 Å². The lowest BCUT2D eigenvalue weighted by atomic mass is 10.1. The molecule has 1 aromatic heterocycles. The van der Waals surface area contributed by atoms with Gasteiger partial charge < -0.3 is 4.74 Å². The topological polar surface area (TPSA) is 39.9 Å². The molecule has 0 amide bonds. The number of aromatic nitrogens is 3. The van der Waals surface area contributed by atoms with Crippen molar-refractivity contribution in [2.75, 3.05) is 0 Å². The Morgan fingerprint density at radius 1 is 0.958 bits per heavy atom. The fourth-order valence-electron chi connectivity index (χ4n) is 2.15. The van der Waals surface area contributed by atoms with Crippen LogP contribution < -0.4 is 4.74 Å². The third kappa shape index (κ3) is 4.14. The standard InChI is InChI=1S/C16H11Cl4N3O/c17-11-2-1-10(13(19)6-11)5-16(23-9-21-8-22-23)24-15-4-3-12(18)7-14(15)20/h1-4,6-9,16H,5H2. The average molecular weight is 403 g/mol. The first-order valence-electron chi connectivity index (χ1n) is 6.92. The zero-order valence-corrected chi connectivity index (χ0v) is 15.2. The number of ether oxygens (including phenoxy) is 1. The number of rotatable bonds is 5. The molecule has 24 heavy (non-hydrogen) atoms. The summed E-state index contributed by atoms with van der Waals surface area (Å²) in [5.74, 6) is 0.492. The van der Waals surface area contributed by atoms with E-state index in [0.717, 1.165) is 5.56 Å². The Morgan fingerprint density at radius 3 is 2.29 bits per heavy atom. The second-order valence-corrected chi connectivity index (χ2v) is 6.65. The molecule has 0 bridgehead atoms. The van der Waals surface area contributed by atoms with Crippen molar-refractivity contribution in [1.29, 1.82) is 0 Å². The van der Waals surface area contributed by atoms with E-state index in [0.29, 0.717) is 32.3 Å². The first-order chi connectivity index (χ1) is 11.5. The molecule has 0 spiro atoms. The molecule has 8 heteroatoms. The highest BCUT2D eigenvalue weighted by molar-refractivity contribution is 6.35. The van der Waals surface area contributed by atoms with Gasteiger partial charge in [-0.2, -0.15) is 5.10 Å². The third-order valence-electron chi connectivity index (χ3n) is 3.30. The van der Waals surface area contributed by atoms with Crippen LogP contribution in [0.2, 0.25) is 20.1 Å². The summed E-state index contributed by atoms with van der Waals surface area (Å²) in [6.07, 6.45) is 2.98. The summed E-state index contributed by atoms with van der Waals surface area (Å²) in [6, 6.07) is 10.3. The zero-order chi connectivity index (χ0) is 17.1. The first kappa shape index (κ1) is 17.4. The maximum atomic E-state index is 6.26. The largest absolute Gasteiger partial charge is 0.467 e. The number of hydrogen-bond donors (Lipinski definition) is 0. The van der Waals surface area contributed by atoms with Gasteiger partial charge >= 0.3 is 0 Å². The van der Waals surface area contributed by atoms with Crippen molar-refractivity contribution in [1.82, 2.24) is 14.8 Å². The summed E-state index contributed by atoms with van der Waals surface area (Å²) in [5, 5.41) is 6.22. The molecule has 2 aromatic carbocycles. The Kier molecular flexibility index (Phi) is 5.51. The van der Waals surface area contributed by atoms with Crippen molar-refractivity contribution >= 4 is 46.4 Å². The van der Waals surface area contributed by atoms with Crippen molar-refractivity contribution < 1.29 is 4.74 Å². The van der Waals surface area contributed by atoms with E-state index in [4.69, 9.17) is 51.1 Å². The molecule has 4 nitrogen and oxygen atoms in total. The van der Waals surface area contributed by atoms with Crippen molar-refractivity contribution in [2.24, 2.45) is 0 Å². The molecule has 0 aliphatic heterocycles. The minimum atomic E-state index is -0.482. The highest BCUT2D eigenvalue weighted by Gasteiger charge is 2.18. The molecular formula is C16H11Cl4N3O. The van der Waals surface area contributed by atoms with Gasteiger partial charge in [-0.1, -0.05) is 52.5 Å². The summed E-state index contributed by atoms with van der Waals surface area (Å²) in [4.78, 5) is 3.96. The third-order valence-corrected chi connectivity index (χ3v) is 4.42. The van der Waals surface area contributed by atoms with Crippen LogP contribution in [0, 0.1) is 0 Å². The van der Waals surface area contributed by atoms with Gasteiger partial charge in [-0.25, -0.2) is 9.67 Å². The van der Waals surface area contributed by atoms with Crippen LogP contribution in [0.3, 0.4) is 0 Å². The Hall–Kier alpha value is -1.46. The Balaban J connectivity index is 1.89. The van der Waals surface area contributed by atoms with E-state index in [9.17, 15) is 0 Å². The summed E-state index contributed by atoms with van der Waals surface area (Å²) < 4.78 is 7.61. The molecule has 1 atom stereocenters. The van der Waals surface area contributed by atoms with E-state index in [2.05, 4.69) is 10.1 Å². The molecule has 0 fully saturated rings. The lowest BCUT2D eigenvalue weighted by Crippen LogP contribution is -2.19. The van der Waals surface area contributed by atoms with Crippen molar-refractivity contribution in [2.45, 2.75) is 12.6 Å². The summed E-state index contributed by atoms with van der Waals surface area (Å²) in [6.45, 7) is 0. The average Bonchev–Trinajstić information content (AvgIpc) is 3.05. The second kappa shape index (κ2) is 7.62. The Labute approximate surface area is 158 Å². The minimum absolute atomic E-state index is 0.412. The molecular weight excluding hydrogens is 392 g/mol. The molecule has 1 heterocycles. The fourth-order valence-corrected chi connectivity index (χ4v) is 3.09. The van der Waals surface area contributed by atoms with Crippen LogP contribution in [0.25, 0.3) is 0 Å². The highest BCUT2D eigenvalue weighted by Crippen LogP contribution is 2.32. The van der Waals surface area contributed by atoms with E-state index in [1.165, 1.54) is 6.33 Å². The van der Waals surface area contributed by atoms with E-state index < -0.39 is 6.23 Å². The molecule has 124 valence electrons. The van der Waals surface area contributed by atoms with Crippen LogP contribution in [-0.4, -0.2) is 14.8 Å². The summed E-state index contributed by atoms with van der Waals surface area (Å²) in [5.41, 5.74) is 0.867. The van der Waals surface area contributed by atoms with Crippen LogP contribution in [0.1, 0.15) is 11.8 Å². The number of halogens is 4. The maximum absolute atomic E-state index is 6.26. The SMILES string of the molecule is Clc1ccc(CC(Oc2ccc(Cl)cc2Cl)n2cncn2)c(Cl)c1. The van der Waals surface area contributed by atoms with E-state index in [1.54, 1.807) is 41.3 Å². The fraction of sp³-hybridized carbons (Fsp3) is 0.125. The van der Waals surface area contributed by atoms with Crippen LogP contribution in [0.5, 0.6) is 5.75 Å². The van der Waals surface area contributed by atoms with Crippen molar-refractivity contribution in [3.05, 3.63) is 74.7 Å². The lowest BCUT2D eigenvalue weighted by molar-refractivity contribution is 0.118. The second-order valence-electron chi connectivity index (χ2n) is 4.96. The Morgan fingerprint density at radius 2 is 1.67 bits per heavy atom. The first-order valence-corrected chi connectivity index (χ1v) is 8.44. The van der Waals surface area contributed by atoms with Crippen molar-refractivity contribution in [3.8, 4) is 5.75 Å². The van der Waals surface area contributed by atoms with Crippen LogP contribution >= 0.6 is 46.4 Å². The number of nitrogens with zero attached hydrogens (tertiary/aromatic N) is 3. The number of hydrogen-bond acceptors (Lipinski definition) is 3. The lowest BCUT2D eigenvalue weighted by Gasteiger charge is -2.20. The normalized spacial score (nSPS) is 12.2. The molecule has 0 saturated carbocycles. The van der Waals surface area contributed by atoms with E-state index in [-0.39, 0.29) is 0 Å². The van der Waals surface area contributed by atoms with Gasteiger partial charge in [0.05, 0.1) is 5.02 Å². The molecule has 0 radical (unpaired) electrons. The molecule has 3 rings (SSSR count). The molecule has 3 aromatic rings. The number of benzene rings is 2. The molecule has 0 aliphatic carbocycles. The maximum Gasteiger partial charge on any atom is 0.197 e. The van der Waals surface area contributed by atoms with Gasteiger partial charge in [0.15, 0.2) is 6.23 Å². The van der Waals surface area contributed by atoms with Gasteiger partial charge in [-0.15, -0.1) is 0 Å². The summed E-state index contributed by atoms with van der Waals surface area (Å²) >= 11 is 24.3. The van der Waals surface area contributed by atoms with Gasteiger partial charge in [0, 0.05) is 21.5 Å². The minimum Gasteiger partial charge on any atom is -0.467 e. The molecule has 0 aliphatic rings. The monoisotopic (exact) mass is 401 g/mol. The molecule has 1 unspecified atom stereocenters. The predicted octanol–water partition coefficient (Wildman–Crippen LogP) is 5.71. The van der Waals surface area contributed by atoms with Gasteiger partial charge in [-0.05, 0) is 35.9 Å². The van der Waals surface area contributed by atoms with Crippen LogP contribution in [-0.2, 0) is 6.42 Å². The van der Waals surface area contributed by atoms with Crippen LogP contribution in [0.4, 0.5) is 0 Å². The zero-order valence-electron chi connectivity index (χ0n) is 12.2. The van der Waals surface area contributed by atoms with Gasteiger partial charge in [-0.3, -0.25) is 0 Å². The van der Waals surface area contributed by atoms with Crippen LogP contribution in [0.15, 0.2) is 49.1 Å². The van der Waals surface area contributed by atoms with E-state index >= 15 is 0 Å². The smallest absolute Gasteiger partial charge is 0.197 e. The van der Waals surface area contributed by atoms with Gasteiger partial charge in [0.25, 0.3) is 0 Å². The van der Waals surface area contributed by atoms with E-state index in [1.807, 2.05) is 6.07 Å². The molecule has 0 N–H and O–H groups in total. The van der Waals surface area contributed by atoms with Gasteiger partial charge in [0.1, 0.15) is 18.4 Å². The highest BCUT2D eigenvalue weighted by atomic mass is 35.5. The molecule has 0 saturated heterocycles. The quantitative estimate of drug-likeness (QED) is 0.548.